The second-order valence-corrected chi connectivity index (χ2v) is 6.79. The Bertz CT molecular complexity index is 864. The lowest BCUT2D eigenvalue weighted by atomic mass is 10.1. The summed E-state index contributed by atoms with van der Waals surface area (Å²) in [6.45, 7) is 4.69. The van der Waals surface area contributed by atoms with Gasteiger partial charge in [0.05, 0.1) is 20.1 Å². The number of benzene rings is 2. The highest BCUT2D eigenvalue weighted by Crippen LogP contribution is 2.28. The van der Waals surface area contributed by atoms with Crippen LogP contribution in [-0.2, 0) is 16.0 Å². The van der Waals surface area contributed by atoms with E-state index in [9.17, 15) is 14.0 Å². The van der Waals surface area contributed by atoms with Crippen molar-refractivity contribution in [3.8, 4) is 11.5 Å². The van der Waals surface area contributed by atoms with E-state index in [0.717, 1.165) is 5.56 Å². The third-order valence-electron chi connectivity index (χ3n) is 3.79. The zero-order valence-corrected chi connectivity index (χ0v) is 16.7. The van der Waals surface area contributed by atoms with E-state index in [4.69, 9.17) is 9.47 Å². The molecule has 0 radical (unpaired) electrons. The van der Waals surface area contributed by atoms with E-state index in [1.807, 2.05) is 0 Å². The van der Waals surface area contributed by atoms with Crippen LogP contribution in [0.2, 0.25) is 0 Å². The molecule has 0 heterocycles. The minimum Gasteiger partial charge on any atom is -0.493 e. The van der Waals surface area contributed by atoms with Crippen LogP contribution in [0.1, 0.15) is 25.0 Å². The number of hydrogen-bond acceptors (Lipinski definition) is 4. The Labute approximate surface area is 169 Å². The van der Waals surface area contributed by atoms with Gasteiger partial charge in [-0.15, -0.1) is 0 Å². The zero-order chi connectivity index (χ0) is 21.2. The number of carbonyl (C=O) groups is 2. The van der Waals surface area contributed by atoms with Crippen molar-refractivity contribution in [3.63, 3.8) is 0 Å². The quantitative estimate of drug-likeness (QED) is 0.527. The summed E-state index contributed by atoms with van der Waals surface area (Å²) in [6.07, 6.45) is 2.91. The minimum absolute atomic E-state index is 0.0271. The molecular weight excluding hydrogens is 375 g/mol. The van der Waals surface area contributed by atoms with Crippen molar-refractivity contribution in [2.24, 2.45) is 5.92 Å². The maximum atomic E-state index is 12.9. The number of ether oxygens (including phenoxy) is 2. The molecule has 0 aliphatic carbocycles. The van der Waals surface area contributed by atoms with E-state index in [2.05, 4.69) is 24.7 Å². The molecule has 2 aromatic rings. The van der Waals surface area contributed by atoms with Gasteiger partial charge in [0.2, 0.25) is 5.91 Å². The maximum absolute atomic E-state index is 12.9. The van der Waals surface area contributed by atoms with E-state index in [1.165, 1.54) is 30.3 Å². The van der Waals surface area contributed by atoms with E-state index < -0.39 is 11.8 Å². The van der Waals surface area contributed by atoms with Gasteiger partial charge in [0.1, 0.15) is 5.82 Å². The molecule has 6 nitrogen and oxygen atoms in total. The molecule has 2 amide bonds. The highest BCUT2D eigenvalue weighted by molar-refractivity contribution is 5.93. The highest BCUT2D eigenvalue weighted by Gasteiger charge is 2.07. The Kier molecular flexibility index (Phi) is 8.21. The van der Waals surface area contributed by atoms with Crippen LogP contribution in [0.4, 0.5) is 4.39 Å². The van der Waals surface area contributed by atoms with Gasteiger partial charge in [0.25, 0.3) is 5.91 Å². The molecule has 0 atom stereocenters. The van der Waals surface area contributed by atoms with Crippen molar-refractivity contribution in [2.45, 2.75) is 20.3 Å². The summed E-state index contributed by atoms with van der Waals surface area (Å²) in [4.78, 5) is 23.7. The zero-order valence-electron chi connectivity index (χ0n) is 16.7. The first-order valence-corrected chi connectivity index (χ1v) is 9.19. The first-order valence-electron chi connectivity index (χ1n) is 9.19. The normalized spacial score (nSPS) is 10.8. The van der Waals surface area contributed by atoms with Crippen molar-refractivity contribution in [1.82, 2.24) is 10.9 Å². The van der Waals surface area contributed by atoms with Gasteiger partial charge in [-0.1, -0.05) is 32.0 Å². The van der Waals surface area contributed by atoms with Crippen molar-refractivity contribution in [3.05, 3.63) is 65.5 Å². The molecule has 154 valence electrons. The lowest BCUT2D eigenvalue weighted by Gasteiger charge is -2.12. The summed E-state index contributed by atoms with van der Waals surface area (Å²) in [5.41, 5.74) is 6.00. The third kappa shape index (κ3) is 7.65. The van der Waals surface area contributed by atoms with Gasteiger partial charge in [0, 0.05) is 6.08 Å². The molecule has 0 saturated heterocycles. The Morgan fingerprint density at radius 2 is 1.79 bits per heavy atom. The van der Waals surface area contributed by atoms with Crippen molar-refractivity contribution >= 4 is 17.9 Å². The number of rotatable bonds is 8. The monoisotopic (exact) mass is 400 g/mol. The average molecular weight is 400 g/mol. The lowest BCUT2D eigenvalue weighted by Crippen LogP contribution is -2.41. The Hall–Kier alpha value is -3.35. The fourth-order valence-corrected chi connectivity index (χ4v) is 2.34. The second-order valence-electron chi connectivity index (χ2n) is 6.79. The van der Waals surface area contributed by atoms with Crippen molar-refractivity contribution in [1.29, 1.82) is 0 Å². The van der Waals surface area contributed by atoms with Gasteiger partial charge in [0.15, 0.2) is 11.5 Å². The molecule has 2 N–H and O–H groups in total. The highest BCUT2D eigenvalue weighted by atomic mass is 19.1. The molecule has 0 fully saturated rings. The third-order valence-corrected chi connectivity index (χ3v) is 3.79. The molecule has 0 bridgehead atoms. The van der Waals surface area contributed by atoms with Gasteiger partial charge < -0.3 is 9.47 Å². The van der Waals surface area contributed by atoms with Gasteiger partial charge in [-0.25, -0.2) is 4.39 Å². The molecule has 0 aliphatic heterocycles. The molecule has 0 aromatic heterocycles. The SMILES string of the molecule is COc1cc(/C=C/C(=O)NNC(=O)Cc2ccc(F)cc2)ccc1OCC(C)C. The molecular formula is C22H25FN2O4. The molecule has 29 heavy (non-hydrogen) atoms. The summed E-state index contributed by atoms with van der Waals surface area (Å²) in [7, 11) is 1.55. The Morgan fingerprint density at radius 1 is 1.07 bits per heavy atom. The number of hydrogen-bond donors (Lipinski definition) is 2. The topological polar surface area (TPSA) is 76.7 Å². The average Bonchev–Trinajstić information content (AvgIpc) is 2.71. The van der Waals surface area contributed by atoms with Crippen LogP contribution in [0, 0.1) is 11.7 Å². The number of hydrazine groups is 1. The summed E-state index contributed by atoms with van der Waals surface area (Å²) in [5.74, 6) is 0.324. The smallest absolute Gasteiger partial charge is 0.262 e. The van der Waals surface area contributed by atoms with Crippen LogP contribution in [0.5, 0.6) is 11.5 Å². The number of carbonyl (C=O) groups excluding carboxylic acids is 2. The second kappa shape index (κ2) is 10.8. The van der Waals surface area contributed by atoms with E-state index in [-0.39, 0.29) is 12.2 Å². The first kappa shape index (κ1) is 21.9. The molecule has 7 heteroatoms. The van der Waals surface area contributed by atoms with Gasteiger partial charge >= 0.3 is 0 Å². The summed E-state index contributed by atoms with van der Waals surface area (Å²) in [6, 6.07) is 10.9. The van der Waals surface area contributed by atoms with Gasteiger partial charge in [-0.3, -0.25) is 20.4 Å². The van der Waals surface area contributed by atoms with E-state index >= 15 is 0 Å². The summed E-state index contributed by atoms with van der Waals surface area (Å²) in [5, 5.41) is 0. The van der Waals surface area contributed by atoms with Gasteiger partial charge in [-0.05, 0) is 47.4 Å². The predicted molar refractivity (Wildman–Crippen MR) is 109 cm³/mol. The Morgan fingerprint density at radius 3 is 2.45 bits per heavy atom. The van der Waals surface area contributed by atoms with Crippen LogP contribution in [0.3, 0.4) is 0 Å². The van der Waals surface area contributed by atoms with Crippen LogP contribution < -0.4 is 20.3 Å². The predicted octanol–water partition coefficient (Wildman–Crippen LogP) is 3.27. The fourth-order valence-electron chi connectivity index (χ4n) is 2.34. The molecule has 0 aliphatic rings. The number of amides is 2. The largest absolute Gasteiger partial charge is 0.493 e. The fraction of sp³-hybridized carbons (Fsp3) is 0.273. The molecule has 2 aromatic carbocycles. The van der Waals surface area contributed by atoms with Crippen molar-refractivity contribution in [2.75, 3.05) is 13.7 Å². The van der Waals surface area contributed by atoms with Crippen LogP contribution in [0.15, 0.2) is 48.5 Å². The number of methoxy groups -OCH3 is 1. The Balaban J connectivity index is 1.86. The number of halogens is 1. The standard InChI is InChI=1S/C22H25FN2O4/c1-15(2)14-29-19-10-6-16(12-20(19)28-3)7-11-21(26)24-25-22(27)13-17-4-8-18(23)9-5-17/h4-12,15H,13-14H2,1-3H3,(H,24,26)(H,25,27)/b11-7+. The molecule has 2 rings (SSSR count). The lowest BCUT2D eigenvalue weighted by molar-refractivity contribution is -0.126. The molecule has 0 saturated carbocycles. The van der Waals surface area contributed by atoms with E-state index in [1.54, 1.807) is 31.4 Å². The van der Waals surface area contributed by atoms with Crippen LogP contribution >= 0.6 is 0 Å². The van der Waals surface area contributed by atoms with Crippen molar-refractivity contribution < 1.29 is 23.5 Å². The number of nitrogens with one attached hydrogen (secondary N) is 2. The molecule has 0 unspecified atom stereocenters. The summed E-state index contributed by atoms with van der Waals surface area (Å²) < 4.78 is 23.9. The summed E-state index contributed by atoms with van der Waals surface area (Å²) >= 11 is 0. The van der Waals surface area contributed by atoms with Crippen LogP contribution in [-0.4, -0.2) is 25.5 Å². The van der Waals surface area contributed by atoms with Crippen LogP contribution in [0.25, 0.3) is 6.08 Å². The molecule has 0 spiro atoms. The van der Waals surface area contributed by atoms with E-state index in [0.29, 0.717) is 29.6 Å². The minimum atomic E-state index is -0.489. The maximum Gasteiger partial charge on any atom is 0.262 e. The van der Waals surface area contributed by atoms with Gasteiger partial charge in [-0.2, -0.15) is 0 Å². The first-order chi connectivity index (χ1) is 13.9.